The Morgan fingerprint density at radius 1 is 0.459 bits per heavy atom. The number of hydrogen-bond acceptors (Lipinski definition) is 1. The van der Waals surface area contributed by atoms with Gasteiger partial charge >= 0.3 is 0 Å². The Labute approximate surface area is 216 Å². The average Bonchev–Trinajstić information content (AvgIpc) is 2.96. The van der Waals surface area contributed by atoms with Crippen LogP contribution in [0.4, 0.5) is 0 Å². The topological polar surface area (TPSA) is 12.9 Å². The minimum Gasteiger partial charge on any atom is -0.256 e. The fourth-order valence-corrected chi connectivity index (χ4v) is 5.78. The van der Waals surface area contributed by atoms with Crippen LogP contribution in [-0.2, 0) is 0 Å². The predicted octanol–water partition coefficient (Wildman–Crippen LogP) is 9.85. The number of aromatic nitrogens is 1. The third-order valence-electron chi connectivity index (χ3n) is 7.42. The zero-order valence-electron chi connectivity index (χ0n) is 20.6. The molecule has 0 spiro atoms. The molecule has 0 atom stereocenters. The number of aryl methyl sites for hydroxylation is 1. The van der Waals surface area contributed by atoms with Gasteiger partial charge in [-0.25, -0.2) is 0 Å². The van der Waals surface area contributed by atoms with Gasteiger partial charge in [0.2, 0.25) is 0 Å². The molecule has 0 saturated carbocycles. The molecule has 0 amide bonds. The van der Waals surface area contributed by atoms with E-state index in [2.05, 4.69) is 128 Å². The highest BCUT2D eigenvalue weighted by molar-refractivity contribution is 6.23. The summed E-state index contributed by atoms with van der Waals surface area (Å²) in [7, 11) is 0. The van der Waals surface area contributed by atoms with Crippen molar-refractivity contribution in [2.24, 2.45) is 0 Å². The molecular weight excluding hydrogens is 446 g/mol. The molecule has 0 saturated heterocycles. The summed E-state index contributed by atoms with van der Waals surface area (Å²) in [6.45, 7) is 2.12. The van der Waals surface area contributed by atoms with Gasteiger partial charge in [0, 0.05) is 11.8 Å². The van der Waals surface area contributed by atoms with Gasteiger partial charge in [-0.05, 0) is 79.2 Å². The zero-order valence-corrected chi connectivity index (χ0v) is 20.6. The first-order chi connectivity index (χ1) is 18.3. The molecule has 0 aliphatic carbocycles. The first-order valence-corrected chi connectivity index (χ1v) is 12.7. The summed E-state index contributed by atoms with van der Waals surface area (Å²) in [5.74, 6) is 0. The smallest absolute Gasteiger partial charge is 0.0731 e. The van der Waals surface area contributed by atoms with Gasteiger partial charge in [0.25, 0.3) is 0 Å². The number of rotatable bonds is 3. The van der Waals surface area contributed by atoms with Gasteiger partial charge in [-0.15, -0.1) is 0 Å². The van der Waals surface area contributed by atoms with Crippen molar-refractivity contribution in [2.45, 2.75) is 6.92 Å². The van der Waals surface area contributed by atoms with Gasteiger partial charge in [-0.1, -0.05) is 115 Å². The third kappa shape index (κ3) is 3.51. The van der Waals surface area contributed by atoms with Crippen LogP contribution in [-0.4, -0.2) is 4.98 Å². The lowest BCUT2D eigenvalue weighted by atomic mass is 9.84. The minimum absolute atomic E-state index is 1.03. The van der Waals surface area contributed by atoms with E-state index in [9.17, 15) is 0 Å². The Balaban J connectivity index is 1.59. The van der Waals surface area contributed by atoms with Crippen molar-refractivity contribution < 1.29 is 0 Å². The molecule has 0 aliphatic rings. The fourth-order valence-electron chi connectivity index (χ4n) is 5.78. The highest BCUT2D eigenvalue weighted by atomic mass is 14.7. The molecule has 0 bridgehead atoms. The fraction of sp³-hybridized carbons (Fsp3) is 0.0278. The predicted molar refractivity (Wildman–Crippen MR) is 158 cm³/mol. The monoisotopic (exact) mass is 471 g/mol. The van der Waals surface area contributed by atoms with Crippen molar-refractivity contribution in [3.8, 4) is 33.5 Å². The second-order valence-corrected chi connectivity index (χ2v) is 9.62. The van der Waals surface area contributed by atoms with Crippen LogP contribution in [0.1, 0.15) is 5.56 Å². The molecule has 6 aromatic carbocycles. The average molecular weight is 472 g/mol. The van der Waals surface area contributed by atoms with Crippen LogP contribution in [0.5, 0.6) is 0 Å². The van der Waals surface area contributed by atoms with Crippen molar-refractivity contribution in [1.82, 2.24) is 4.98 Å². The normalized spacial score (nSPS) is 11.4. The molecule has 1 nitrogen and oxygen atoms in total. The van der Waals surface area contributed by atoms with Crippen LogP contribution in [0.2, 0.25) is 0 Å². The van der Waals surface area contributed by atoms with E-state index in [0.29, 0.717) is 0 Å². The Bertz CT molecular complexity index is 1880. The van der Waals surface area contributed by atoms with E-state index in [1.807, 2.05) is 12.3 Å². The van der Waals surface area contributed by atoms with Gasteiger partial charge in [0.05, 0.1) is 5.69 Å². The van der Waals surface area contributed by atoms with Gasteiger partial charge in [0.1, 0.15) is 0 Å². The summed E-state index contributed by atoms with van der Waals surface area (Å²) in [4.78, 5) is 4.69. The molecule has 7 rings (SSSR count). The Morgan fingerprint density at radius 3 is 1.73 bits per heavy atom. The summed E-state index contributed by atoms with van der Waals surface area (Å²) in [5, 5.41) is 7.60. The summed E-state index contributed by atoms with van der Waals surface area (Å²) in [6, 6.07) is 46.0. The molecule has 0 aliphatic heterocycles. The van der Waals surface area contributed by atoms with Gasteiger partial charge in [-0.2, -0.15) is 0 Å². The maximum atomic E-state index is 4.69. The Morgan fingerprint density at radius 2 is 1.03 bits per heavy atom. The Hall–Kier alpha value is -4.75. The van der Waals surface area contributed by atoms with Gasteiger partial charge in [0.15, 0.2) is 0 Å². The molecule has 174 valence electrons. The lowest BCUT2D eigenvalue weighted by Crippen LogP contribution is -1.92. The second-order valence-electron chi connectivity index (χ2n) is 9.62. The van der Waals surface area contributed by atoms with Crippen molar-refractivity contribution in [2.75, 3.05) is 0 Å². The van der Waals surface area contributed by atoms with Crippen LogP contribution in [0.3, 0.4) is 0 Å². The lowest BCUT2D eigenvalue weighted by Gasteiger charge is -2.19. The van der Waals surface area contributed by atoms with E-state index in [1.54, 1.807) is 0 Å². The summed E-state index contributed by atoms with van der Waals surface area (Å²) >= 11 is 0. The Kier molecular flexibility index (Phi) is 5.08. The van der Waals surface area contributed by atoms with E-state index in [4.69, 9.17) is 4.98 Å². The largest absolute Gasteiger partial charge is 0.256 e. The van der Waals surface area contributed by atoms with Crippen LogP contribution < -0.4 is 0 Å². The van der Waals surface area contributed by atoms with E-state index < -0.39 is 0 Å². The first-order valence-electron chi connectivity index (χ1n) is 12.7. The molecule has 0 unspecified atom stereocenters. The SMILES string of the molecule is Cc1cccnc1-c1cccc(-c2c3ccccc3c(-c3cccc4ccccc34)c3ccccc23)c1. The summed E-state index contributed by atoms with van der Waals surface area (Å²) in [6.07, 6.45) is 1.87. The maximum Gasteiger partial charge on any atom is 0.0731 e. The number of nitrogens with zero attached hydrogens (tertiary/aromatic N) is 1. The molecule has 1 heterocycles. The van der Waals surface area contributed by atoms with Crippen molar-refractivity contribution in [1.29, 1.82) is 0 Å². The molecule has 1 aromatic heterocycles. The highest BCUT2D eigenvalue weighted by Gasteiger charge is 2.18. The molecule has 0 fully saturated rings. The lowest BCUT2D eigenvalue weighted by molar-refractivity contribution is 1.27. The van der Waals surface area contributed by atoms with Gasteiger partial charge in [-0.3, -0.25) is 4.98 Å². The number of fused-ring (bicyclic) bond motifs is 3. The van der Waals surface area contributed by atoms with E-state index in [0.717, 1.165) is 11.3 Å². The van der Waals surface area contributed by atoms with E-state index in [1.165, 1.54) is 60.1 Å². The van der Waals surface area contributed by atoms with Crippen molar-refractivity contribution in [3.63, 3.8) is 0 Å². The van der Waals surface area contributed by atoms with Crippen LogP contribution in [0.25, 0.3) is 65.8 Å². The third-order valence-corrected chi connectivity index (χ3v) is 7.42. The number of hydrogen-bond donors (Lipinski definition) is 0. The van der Waals surface area contributed by atoms with Crippen LogP contribution >= 0.6 is 0 Å². The van der Waals surface area contributed by atoms with Crippen LogP contribution in [0, 0.1) is 6.92 Å². The first kappa shape index (κ1) is 21.5. The maximum absolute atomic E-state index is 4.69. The molecule has 37 heavy (non-hydrogen) atoms. The standard InChI is InChI=1S/C36H25N/c1-24-11-10-22-37-36(24)27-15-8-14-26(23-27)34-30-17-4-6-19-32(30)35(33-20-7-5-18-31(33)34)29-21-9-13-25-12-2-3-16-28(25)29/h2-23H,1H3. The second kappa shape index (κ2) is 8.72. The highest BCUT2D eigenvalue weighted by Crippen LogP contribution is 2.45. The quantitative estimate of drug-likeness (QED) is 0.234. The molecule has 0 radical (unpaired) electrons. The summed E-state index contributed by atoms with van der Waals surface area (Å²) in [5.41, 5.74) is 8.40. The molecule has 1 heteroatoms. The van der Waals surface area contributed by atoms with Crippen molar-refractivity contribution in [3.05, 3.63) is 139 Å². The zero-order chi connectivity index (χ0) is 24.8. The van der Waals surface area contributed by atoms with Crippen molar-refractivity contribution >= 4 is 32.3 Å². The molecular formula is C36H25N. The van der Waals surface area contributed by atoms with Gasteiger partial charge < -0.3 is 0 Å². The summed E-state index contributed by atoms with van der Waals surface area (Å²) < 4.78 is 0. The minimum atomic E-state index is 1.03. The molecule has 7 aromatic rings. The number of benzene rings is 6. The van der Waals surface area contributed by atoms with E-state index >= 15 is 0 Å². The van der Waals surface area contributed by atoms with E-state index in [-0.39, 0.29) is 0 Å². The van der Waals surface area contributed by atoms with Crippen LogP contribution in [0.15, 0.2) is 134 Å². The molecule has 0 N–H and O–H groups in total. The number of pyridine rings is 1.